The summed E-state index contributed by atoms with van der Waals surface area (Å²) in [5, 5.41) is 0. The van der Waals surface area contributed by atoms with E-state index in [1.54, 1.807) is 37.3 Å². The second-order valence-corrected chi connectivity index (χ2v) is 2.73. The van der Waals surface area contributed by atoms with Crippen LogP contribution in [-0.2, 0) is 4.74 Å². The predicted molar refractivity (Wildman–Crippen MR) is 47.2 cm³/mol. The molecule has 0 fully saturated rings. The average Bonchev–Trinajstić information content (AvgIpc) is 2.14. The molecule has 1 nitrogen and oxygen atoms in total. The quantitative estimate of drug-likeness (QED) is 0.666. The lowest BCUT2D eigenvalue weighted by molar-refractivity contribution is -0.297. The van der Waals surface area contributed by atoms with E-state index < -0.39 is 6.36 Å². The zero-order valence-electron chi connectivity index (χ0n) is 7.51. The summed E-state index contributed by atoms with van der Waals surface area (Å²) >= 11 is 0. The number of alkyl halides is 3. The first kappa shape index (κ1) is 10.6. The maximum atomic E-state index is 11.7. The first-order valence-electron chi connectivity index (χ1n) is 3.96. The molecular weight excluding hydrogens is 193 g/mol. The summed E-state index contributed by atoms with van der Waals surface area (Å²) in [6.07, 6.45) is -3.91. The molecule has 0 unspecified atom stereocenters. The molecule has 0 atom stereocenters. The van der Waals surface area contributed by atoms with E-state index in [-0.39, 0.29) is 0 Å². The maximum Gasteiger partial charge on any atom is 0.572 e. The zero-order valence-corrected chi connectivity index (χ0v) is 7.51. The molecule has 1 aromatic rings. The standard InChI is InChI=1S/C10H9F3O/c1-8(7-14-10(11,12)13)9-5-3-2-4-6-9/h2-7H,1H3. The van der Waals surface area contributed by atoms with Gasteiger partial charge < -0.3 is 4.74 Å². The summed E-state index contributed by atoms with van der Waals surface area (Å²) in [6.45, 7) is 1.56. The van der Waals surface area contributed by atoms with Gasteiger partial charge in [-0.25, -0.2) is 0 Å². The molecule has 0 heterocycles. The third kappa shape index (κ3) is 3.51. The van der Waals surface area contributed by atoms with Gasteiger partial charge in [0.15, 0.2) is 0 Å². The lowest BCUT2D eigenvalue weighted by Crippen LogP contribution is -2.08. The molecule has 0 aliphatic rings. The van der Waals surface area contributed by atoms with Crippen LogP contribution in [-0.4, -0.2) is 6.36 Å². The van der Waals surface area contributed by atoms with Crippen LogP contribution in [0.25, 0.3) is 5.57 Å². The van der Waals surface area contributed by atoms with Crippen LogP contribution in [0.3, 0.4) is 0 Å². The molecule has 0 amide bonds. The fourth-order valence-electron chi connectivity index (χ4n) is 0.924. The van der Waals surface area contributed by atoms with Gasteiger partial charge in [0.05, 0.1) is 6.26 Å². The molecule has 0 radical (unpaired) electrons. The molecule has 0 saturated carbocycles. The molecule has 0 saturated heterocycles. The zero-order chi connectivity index (χ0) is 10.6. The first-order valence-corrected chi connectivity index (χ1v) is 3.96. The van der Waals surface area contributed by atoms with Crippen LogP contribution >= 0.6 is 0 Å². The minimum Gasteiger partial charge on any atom is -0.413 e. The Labute approximate surface area is 79.8 Å². The van der Waals surface area contributed by atoms with Gasteiger partial charge >= 0.3 is 6.36 Å². The van der Waals surface area contributed by atoms with Crippen molar-refractivity contribution in [1.82, 2.24) is 0 Å². The normalized spacial score (nSPS) is 12.7. The SMILES string of the molecule is CC(=COC(F)(F)F)c1ccccc1. The van der Waals surface area contributed by atoms with E-state index in [2.05, 4.69) is 4.74 Å². The highest BCUT2D eigenvalue weighted by Crippen LogP contribution is 2.20. The van der Waals surface area contributed by atoms with E-state index in [0.717, 1.165) is 0 Å². The van der Waals surface area contributed by atoms with Gasteiger partial charge in [-0.3, -0.25) is 0 Å². The van der Waals surface area contributed by atoms with E-state index >= 15 is 0 Å². The smallest absolute Gasteiger partial charge is 0.413 e. The van der Waals surface area contributed by atoms with Gasteiger partial charge in [-0.1, -0.05) is 30.3 Å². The minimum atomic E-state index is -4.62. The highest BCUT2D eigenvalue weighted by atomic mass is 19.4. The van der Waals surface area contributed by atoms with E-state index in [9.17, 15) is 13.2 Å². The molecular formula is C10H9F3O. The van der Waals surface area contributed by atoms with Crippen molar-refractivity contribution < 1.29 is 17.9 Å². The van der Waals surface area contributed by atoms with Gasteiger partial charge in [0.2, 0.25) is 0 Å². The molecule has 0 bridgehead atoms. The van der Waals surface area contributed by atoms with E-state index in [1.165, 1.54) is 0 Å². The maximum absolute atomic E-state index is 11.7. The molecule has 0 aromatic heterocycles. The average molecular weight is 202 g/mol. The number of allylic oxidation sites excluding steroid dienone is 1. The molecule has 0 N–H and O–H groups in total. The minimum absolute atomic E-state index is 0.433. The fraction of sp³-hybridized carbons (Fsp3) is 0.200. The van der Waals surface area contributed by atoms with Gasteiger partial charge in [-0.05, 0) is 18.1 Å². The van der Waals surface area contributed by atoms with Gasteiger partial charge in [0.25, 0.3) is 0 Å². The van der Waals surface area contributed by atoms with Crippen LogP contribution in [0.2, 0.25) is 0 Å². The first-order chi connectivity index (χ1) is 6.49. The summed E-state index contributed by atoms with van der Waals surface area (Å²) < 4.78 is 38.6. The van der Waals surface area contributed by atoms with E-state index in [0.29, 0.717) is 17.4 Å². The lowest BCUT2D eigenvalue weighted by Gasteiger charge is -2.05. The van der Waals surface area contributed by atoms with Crippen LogP contribution < -0.4 is 0 Å². The number of halogens is 3. The van der Waals surface area contributed by atoms with E-state index in [1.807, 2.05) is 0 Å². The van der Waals surface area contributed by atoms with Gasteiger partial charge in [0.1, 0.15) is 0 Å². The van der Waals surface area contributed by atoms with Crippen LogP contribution in [0.4, 0.5) is 13.2 Å². The monoisotopic (exact) mass is 202 g/mol. The fourth-order valence-corrected chi connectivity index (χ4v) is 0.924. The summed E-state index contributed by atoms with van der Waals surface area (Å²) in [5.41, 5.74) is 1.14. The Balaban J connectivity index is 2.71. The Kier molecular flexibility index (Phi) is 3.17. The highest BCUT2D eigenvalue weighted by molar-refractivity contribution is 5.62. The number of hydrogen-bond acceptors (Lipinski definition) is 1. The van der Waals surface area contributed by atoms with Crippen molar-refractivity contribution in [3.05, 3.63) is 42.2 Å². The summed E-state index contributed by atoms with van der Waals surface area (Å²) in [7, 11) is 0. The molecule has 0 aliphatic heterocycles. The lowest BCUT2D eigenvalue weighted by atomic mass is 10.1. The summed E-state index contributed by atoms with van der Waals surface area (Å²) in [4.78, 5) is 0. The van der Waals surface area contributed by atoms with Crippen LogP contribution in [0.5, 0.6) is 0 Å². The molecule has 0 aliphatic carbocycles. The predicted octanol–water partition coefficient (Wildman–Crippen LogP) is 3.58. The van der Waals surface area contributed by atoms with Gasteiger partial charge in [0, 0.05) is 0 Å². The Hall–Kier alpha value is -1.45. The van der Waals surface area contributed by atoms with Crippen molar-refractivity contribution in [1.29, 1.82) is 0 Å². The third-order valence-corrected chi connectivity index (χ3v) is 1.60. The third-order valence-electron chi connectivity index (χ3n) is 1.60. The summed E-state index contributed by atoms with van der Waals surface area (Å²) in [6, 6.07) is 8.72. The van der Waals surface area contributed by atoms with Crippen molar-refractivity contribution in [2.75, 3.05) is 0 Å². The molecule has 76 valence electrons. The van der Waals surface area contributed by atoms with Crippen molar-refractivity contribution >= 4 is 5.57 Å². The summed E-state index contributed by atoms with van der Waals surface area (Å²) in [5.74, 6) is 0. The van der Waals surface area contributed by atoms with Crippen molar-refractivity contribution in [2.45, 2.75) is 13.3 Å². The molecule has 1 aromatic carbocycles. The van der Waals surface area contributed by atoms with Crippen LogP contribution in [0.15, 0.2) is 36.6 Å². The number of benzene rings is 1. The number of hydrogen-bond donors (Lipinski definition) is 0. The Morgan fingerprint density at radius 3 is 2.29 bits per heavy atom. The molecule has 14 heavy (non-hydrogen) atoms. The van der Waals surface area contributed by atoms with Gasteiger partial charge in [-0.2, -0.15) is 0 Å². The highest BCUT2D eigenvalue weighted by Gasteiger charge is 2.29. The Bertz CT molecular complexity index is 314. The molecule has 4 heteroatoms. The van der Waals surface area contributed by atoms with Gasteiger partial charge in [-0.15, -0.1) is 13.2 Å². The number of ether oxygens (including phenoxy) is 1. The largest absolute Gasteiger partial charge is 0.572 e. The second-order valence-electron chi connectivity index (χ2n) is 2.73. The van der Waals surface area contributed by atoms with Crippen molar-refractivity contribution in [3.63, 3.8) is 0 Å². The molecule has 1 rings (SSSR count). The topological polar surface area (TPSA) is 9.23 Å². The van der Waals surface area contributed by atoms with Crippen molar-refractivity contribution in [3.8, 4) is 0 Å². The number of rotatable bonds is 2. The van der Waals surface area contributed by atoms with Crippen LogP contribution in [0, 0.1) is 0 Å². The Morgan fingerprint density at radius 2 is 1.79 bits per heavy atom. The Morgan fingerprint density at radius 1 is 1.21 bits per heavy atom. The second kappa shape index (κ2) is 4.17. The molecule has 0 spiro atoms. The van der Waals surface area contributed by atoms with Crippen molar-refractivity contribution in [2.24, 2.45) is 0 Å². The van der Waals surface area contributed by atoms with E-state index in [4.69, 9.17) is 0 Å². The van der Waals surface area contributed by atoms with Crippen LogP contribution in [0.1, 0.15) is 12.5 Å².